The van der Waals surface area contributed by atoms with Crippen molar-refractivity contribution in [2.75, 3.05) is 0 Å². The van der Waals surface area contributed by atoms with Crippen LogP contribution in [0, 0.1) is 0 Å². The van der Waals surface area contributed by atoms with Gasteiger partial charge in [-0.1, -0.05) is 30.3 Å². The summed E-state index contributed by atoms with van der Waals surface area (Å²) >= 11 is 0. The summed E-state index contributed by atoms with van der Waals surface area (Å²) in [6, 6.07) is 9.17. The number of carbonyl (C=O) groups is 2. The van der Waals surface area contributed by atoms with E-state index in [9.17, 15) is 9.59 Å². The number of hydrogen-bond donors (Lipinski definition) is 2. The molecule has 3 rings (SSSR count). The number of nitrogens with one attached hydrogen (secondary N) is 2. The van der Waals surface area contributed by atoms with Crippen LogP contribution in [0.2, 0.25) is 0 Å². The van der Waals surface area contributed by atoms with Crippen LogP contribution in [0.5, 0.6) is 0 Å². The van der Waals surface area contributed by atoms with Crippen LogP contribution in [0.3, 0.4) is 0 Å². The smallest absolute Gasteiger partial charge is 0.239 e. The summed E-state index contributed by atoms with van der Waals surface area (Å²) < 4.78 is 0. The van der Waals surface area contributed by atoms with E-state index in [4.69, 9.17) is 0 Å². The van der Waals surface area contributed by atoms with Crippen LogP contribution in [0.4, 0.5) is 0 Å². The molecule has 0 saturated carbocycles. The molecule has 0 saturated heterocycles. The number of allylic oxidation sites excluding steroid dienone is 1. The van der Waals surface area contributed by atoms with Crippen molar-refractivity contribution in [3.63, 3.8) is 0 Å². The monoisotopic (exact) mass is 298 g/mol. The number of amides is 1. The Morgan fingerprint density at radius 2 is 1.86 bits per heavy atom. The number of fused-ring (bicyclic) bond motifs is 1. The average molecular weight is 298 g/mol. The van der Waals surface area contributed by atoms with E-state index < -0.39 is 6.04 Å². The van der Waals surface area contributed by atoms with Gasteiger partial charge in [0.15, 0.2) is 5.78 Å². The first-order valence-electron chi connectivity index (χ1n) is 7.17. The lowest BCUT2D eigenvalue weighted by molar-refractivity contribution is -0.134. The molecule has 6 heteroatoms. The second-order valence-corrected chi connectivity index (χ2v) is 5.47. The van der Waals surface area contributed by atoms with Crippen LogP contribution in [-0.2, 0) is 9.59 Å². The number of aliphatic imine (C=N–C) groups is 1. The van der Waals surface area contributed by atoms with Gasteiger partial charge in [-0.3, -0.25) is 20.0 Å². The third kappa shape index (κ3) is 2.26. The Morgan fingerprint density at radius 1 is 1.18 bits per heavy atom. The summed E-state index contributed by atoms with van der Waals surface area (Å²) in [6.07, 6.45) is -0.371. The Labute approximate surface area is 128 Å². The van der Waals surface area contributed by atoms with Gasteiger partial charge in [0.25, 0.3) is 0 Å². The predicted molar refractivity (Wildman–Crippen MR) is 82.7 cm³/mol. The summed E-state index contributed by atoms with van der Waals surface area (Å²) in [5.41, 5.74) is 5.33. The molecule has 0 fully saturated rings. The molecule has 2 N–H and O–H groups in total. The molecule has 2 aliphatic heterocycles. The molecule has 0 aliphatic carbocycles. The van der Waals surface area contributed by atoms with Crippen molar-refractivity contribution in [2.24, 2.45) is 4.99 Å². The molecule has 6 nitrogen and oxygen atoms in total. The highest BCUT2D eigenvalue weighted by Gasteiger charge is 2.43. The molecule has 1 aromatic carbocycles. The second kappa shape index (κ2) is 5.29. The third-order valence-corrected chi connectivity index (χ3v) is 3.90. The highest BCUT2D eigenvalue weighted by Crippen LogP contribution is 2.28. The Balaban J connectivity index is 2.07. The zero-order valence-corrected chi connectivity index (χ0v) is 12.8. The van der Waals surface area contributed by atoms with Crippen molar-refractivity contribution in [3.05, 3.63) is 47.2 Å². The largest absolute Gasteiger partial charge is 0.365 e. The highest BCUT2D eigenvalue weighted by atomic mass is 16.2. The van der Waals surface area contributed by atoms with Gasteiger partial charge in [0, 0.05) is 23.8 Å². The van der Waals surface area contributed by atoms with Crippen LogP contribution >= 0.6 is 0 Å². The Hall–Kier alpha value is -2.63. The van der Waals surface area contributed by atoms with E-state index in [-0.39, 0.29) is 17.9 Å². The lowest BCUT2D eigenvalue weighted by Crippen LogP contribution is -2.62. The quantitative estimate of drug-likeness (QED) is 0.853. The van der Waals surface area contributed by atoms with Gasteiger partial charge in [-0.2, -0.15) is 0 Å². The number of nitrogens with zero attached hydrogens (tertiary/aromatic N) is 2. The molecule has 0 bridgehead atoms. The van der Waals surface area contributed by atoms with Gasteiger partial charge in [0.05, 0.1) is 0 Å². The molecule has 2 atom stereocenters. The summed E-state index contributed by atoms with van der Waals surface area (Å²) in [7, 11) is 0. The number of Topliss-reactive ketones (excluding diaryl/α,β-unsaturated/α-hetero) is 1. The zero-order chi connectivity index (χ0) is 15.9. The van der Waals surface area contributed by atoms with Crippen LogP contribution in [-0.4, -0.2) is 34.7 Å². The molecule has 2 aliphatic rings. The van der Waals surface area contributed by atoms with Crippen molar-refractivity contribution in [1.29, 1.82) is 0 Å². The van der Waals surface area contributed by atoms with Gasteiger partial charge >= 0.3 is 0 Å². The van der Waals surface area contributed by atoms with Crippen molar-refractivity contribution in [2.45, 2.75) is 33.0 Å². The van der Waals surface area contributed by atoms with Gasteiger partial charge in [-0.15, -0.1) is 0 Å². The number of hydrazine groups is 1. The summed E-state index contributed by atoms with van der Waals surface area (Å²) in [5, 5.41) is 4.68. The predicted octanol–water partition coefficient (Wildman–Crippen LogP) is 0.961. The number of ketones is 1. The first kappa shape index (κ1) is 14.3. The number of benzene rings is 1. The molecule has 22 heavy (non-hydrogen) atoms. The molecule has 0 radical (unpaired) electrons. The molecular formula is C16H18N4O2. The SMILES string of the molecule is CC(=O)C1=C(C)N[C@H]2[C@@H]1N=C(c1ccccc1)NN2C(C)=O. The van der Waals surface area contributed by atoms with Gasteiger partial charge < -0.3 is 5.32 Å². The van der Waals surface area contributed by atoms with Crippen LogP contribution < -0.4 is 10.7 Å². The zero-order valence-electron chi connectivity index (χ0n) is 12.8. The van der Waals surface area contributed by atoms with Crippen LogP contribution in [0.25, 0.3) is 0 Å². The fourth-order valence-electron chi connectivity index (χ4n) is 2.93. The van der Waals surface area contributed by atoms with E-state index in [0.717, 1.165) is 11.3 Å². The standard InChI is InChI=1S/C16H18N4O2/c1-9-13(10(2)21)14-16(17-9)20(11(3)22)19-15(18-14)12-7-5-4-6-8-12/h4-8,14,16-17H,1-3H3,(H,18,19)/t14-,16-/m1/s1. The molecule has 114 valence electrons. The molecule has 1 amide bonds. The van der Waals surface area contributed by atoms with Crippen molar-refractivity contribution >= 4 is 17.5 Å². The van der Waals surface area contributed by atoms with Crippen molar-refractivity contribution in [3.8, 4) is 0 Å². The minimum absolute atomic E-state index is 0.0286. The highest BCUT2D eigenvalue weighted by molar-refractivity contribution is 6.02. The summed E-state index contributed by atoms with van der Waals surface area (Å²) in [5.74, 6) is 0.426. The Bertz CT molecular complexity index is 693. The van der Waals surface area contributed by atoms with E-state index in [2.05, 4.69) is 15.7 Å². The maximum Gasteiger partial charge on any atom is 0.239 e. The minimum Gasteiger partial charge on any atom is -0.365 e. The molecule has 2 heterocycles. The van der Waals surface area contributed by atoms with Gasteiger partial charge in [-0.05, 0) is 13.8 Å². The second-order valence-electron chi connectivity index (χ2n) is 5.47. The normalized spacial score (nSPS) is 23.4. The maximum atomic E-state index is 12.0. The van der Waals surface area contributed by atoms with E-state index in [0.29, 0.717) is 11.4 Å². The molecule has 1 aromatic rings. The van der Waals surface area contributed by atoms with E-state index in [1.807, 2.05) is 37.3 Å². The van der Waals surface area contributed by atoms with E-state index >= 15 is 0 Å². The molecular weight excluding hydrogens is 280 g/mol. The van der Waals surface area contributed by atoms with Crippen LogP contribution in [0.15, 0.2) is 46.6 Å². The van der Waals surface area contributed by atoms with Crippen molar-refractivity contribution < 1.29 is 9.59 Å². The number of carbonyl (C=O) groups excluding carboxylic acids is 2. The Morgan fingerprint density at radius 3 is 2.45 bits per heavy atom. The van der Waals surface area contributed by atoms with Gasteiger partial charge in [0.2, 0.25) is 5.91 Å². The van der Waals surface area contributed by atoms with Crippen LogP contribution in [0.1, 0.15) is 26.3 Å². The number of amidine groups is 1. The van der Waals surface area contributed by atoms with E-state index in [1.165, 1.54) is 18.9 Å². The summed E-state index contributed by atoms with van der Waals surface area (Å²) in [4.78, 5) is 28.6. The minimum atomic E-state index is -0.391. The molecule has 0 unspecified atom stereocenters. The fourth-order valence-corrected chi connectivity index (χ4v) is 2.93. The van der Waals surface area contributed by atoms with Gasteiger partial charge in [-0.25, -0.2) is 5.01 Å². The lowest BCUT2D eigenvalue weighted by atomic mass is 10.0. The molecule has 0 aromatic heterocycles. The van der Waals surface area contributed by atoms with Crippen molar-refractivity contribution in [1.82, 2.24) is 15.8 Å². The number of rotatable bonds is 2. The van der Waals surface area contributed by atoms with Gasteiger partial charge in [0.1, 0.15) is 18.0 Å². The van der Waals surface area contributed by atoms with E-state index in [1.54, 1.807) is 0 Å². The Kier molecular flexibility index (Phi) is 3.44. The fraction of sp³-hybridized carbons (Fsp3) is 0.312. The maximum absolute atomic E-state index is 12.0. The number of hydrogen-bond acceptors (Lipinski definition) is 5. The molecule has 0 spiro atoms. The summed E-state index contributed by atoms with van der Waals surface area (Å²) in [6.45, 7) is 4.85. The lowest BCUT2D eigenvalue weighted by Gasteiger charge is -2.37. The first-order chi connectivity index (χ1) is 10.5. The third-order valence-electron chi connectivity index (χ3n) is 3.90. The average Bonchev–Trinajstić information content (AvgIpc) is 2.82. The topological polar surface area (TPSA) is 73.8 Å². The first-order valence-corrected chi connectivity index (χ1v) is 7.17.